The number of rotatable bonds is 7. The molecular formula is C26H32N4O4. The van der Waals surface area contributed by atoms with Gasteiger partial charge in [-0.25, -0.2) is 4.52 Å². The minimum Gasteiger partial charge on any atom is -0.386 e. The Morgan fingerprint density at radius 3 is 2.44 bits per heavy atom. The number of ketones is 1. The van der Waals surface area contributed by atoms with Crippen molar-refractivity contribution in [3.63, 3.8) is 0 Å². The van der Waals surface area contributed by atoms with Crippen LogP contribution in [0, 0.1) is 12.8 Å². The minimum absolute atomic E-state index is 0.0704. The topological polar surface area (TPSA) is 108 Å². The van der Waals surface area contributed by atoms with Gasteiger partial charge in [-0.3, -0.25) is 14.4 Å². The van der Waals surface area contributed by atoms with Crippen LogP contribution in [0.25, 0.3) is 5.52 Å². The summed E-state index contributed by atoms with van der Waals surface area (Å²) in [7, 11) is 0. The molecule has 1 aromatic carbocycles. The number of amides is 1. The van der Waals surface area contributed by atoms with Gasteiger partial charge in [0.25, 0.3) is 5.56 Å². The maximum Gasteiger partial charge on any atom is 0.275 e. The number of benzene rings is 1. The van der Waals surface area contributed by atoms with E-state index in [-0.39, 0.29) is 23.2 Å². The van der Waals surface area contributed by atoms with E-state index in [0.717, 1.165) is 11.3 Å². The van der Waals surface area contributed by atoms with Crippen molar-refractivity contribution < 1.29 is 14.7 Å². The normalized spacial score (nSPS) is 15.1. The smallest absolute Gasteiger partial charge is 0.275 e. The lowest BCUT2D eigenvalue weighted by atomic mass is 9.87. The molecule has 3 aromatic rings. The molecule has 0 spiro atoms. The molecule has 0 saturated carbocycles. The van der Waals surface area contributed by atoms with Crippen LogP contribution in [0.1, 0.15) is 67.0 Å². The van der Waals surface area contributed by atoms with E-state index in [4.69, 9.17) is 0 Å². The van der Waals surface area contributed by atoms with E-state index in [1.807, 2.05) is 17.9 Å². The lowest BCUT2D eigenvalue weighted by molar-refractivity contribution is -0.132. The number of aryl methyl sites for hydroxylation is 2. The Labute approximate surface area is 198 Å². The quantitative estimate of drug-likeness (QED) is 0.523. The van der Waals surface area contributed by atoms with Crippen LogP contribution in [0.5, 0.6) is 0 Å². The molecule has 2 N–H and O–H groups in total. The first-order valence-electron chi connectivity index (χ1n) is 11.9. The molecule has 180 valence electrons. The largest absolute Gasteiger partial charge is 0.386 e. The SMILES string of the molecule is Cc1ccc2c(=O)[nH]c(CCCC(=O)N3CCC(C(=O)c4ccc(C(C)(C)O)cc4)CC3)nn12. The summed E-state index contributed by atoms with van der Waals surface area (Å²) in [4.78, 5) is 42.4. The first kappa shape index (κ1) is 23.9. The summed E-state index contributed by atoms with van der Waals surface area (Å²) in [6.45, 7) is 6.47. The van der Waals surface area contributed by atoms with Gasteiger partial charge in [0.2, 0.25) is 5.91 Å². The third-order valence-corrected chi connectivity index (χ3v) is 6.65. The number of nitrogens with zero attached hydrogens (tertiary/aromatic N) is 3. The Morgan fingerprint density at radius 2 is 1.79 bits per heavy atom. The minimum atomic E-state index is -0.938. The zero-order valence-corrected chi connectivity index (χ0v) is 20.0. The number of carbonyl (C=O) groups is 2. The van der Waals surface area contributed by atoms with E-state index in [9.17, 15) is 19.5 Å². The summed E-state index contributed by atoms with van der Waals surface area (Å²) >= 11 is 0. The number of aliphatic hydroxyl groups is 1. The molecule has 0 aliphatic carbocycles. The number of aromatic nitrogens is 3. The van der Waals surface area contributed by atoms with Gasteiger partial charge < -0.3 is 15.0 Å². The van der Waals surface area contributed by atoms with Gasteiger partial charge in [0.05, 0.1) is 5.60 Å². The summed E-state index contributed by atoms with van der Waals surface area (Å²) in [6, 6.07) is 10.7. The maximum atomic E-state index is 12.9. The highest BCUT2D eigenvalue weighted by molar-refractivity contribution is 5.98. The van der Waals surface area contributed by atoms with Crippen LogP contribution >= 0.6 is 0 Å². The number of aromatic amines is 1. The predicted octanol–water partition coefficient (Wildman–Crippen LogP) is 3.00. The average molecular weight is 465 g/mol. The summed E-state index contributed by atoms with van der Waals surface area (Å²) in [5.41, 5.74) is 1.71. The maximum absolute atomic E-state index is 12.9. The van der Waals surface area contributed by atoms with Crippen molar-refractivity contribution in [1.82, 2.24) is 19.5 Å². The number of piperidine rings is 1. The van der Waals surface area contributed by atoms with Gasteiger partial charge in [-0.1, -0.05) is 24.3 Å². The zero-order chi connectivity index (χ0) is 24.5. The highest BCUT2D eigenvalue weighted by Gasteiger charge is 2.28. The van der Waals surface area contributed by atoms with Crippen LogP contribution in [0.15, 0.2) is 41.2 Å². The van der Waals surface area contributed by atoms with Gasteiger partial charge in [0, 0.05) is 43.1 Å². The fourth-order valence-electron chi connectivity index (χ4n) is 4.52. The van der Waals surface area contributed by atoms with Crippen molar-refractivity contribution in [2.75, 3.05) is 13.1 Å². The summed E-state index contributed by atoms with van der Waals surface area (Å²) in [6.07, 6.45) is 2.79. The monoisotopic (exact) mass is 464 g/mol. The van der Waals surface area contributed by atoms with Crippen molar-refractivity contribution in [3.8, 4) is 0 Å². The number of hydrogen-bond donors (Lipinski definition) is 2. The number of hydrogen-bond acceptors (Lipinski definition) is 5. The third-order valence-electron chi connectivity index (χ3n) is 6.65. The number of fused-ring (bicyclic) bond motifs is 1. The van der Waals surface area contributed by atoms with Gasteiger partial charge in [-0.2, -0.15) is 5.10 Å². The number of carbonyl (C=O) groups excluding carboxylic acids is 2. The molecule has 4 rings (SSSR count). The Morgan fingerprint density at radius 1 is 1.12 bits per heavy atom. The van der Waals surface area contributed by atoms with Crippen molar-refractivity contribution in [1.29, 1.82) is 0 Å². The first-order valence-corrected chi connectivity index (χ1v) is 11.9. The molecule has 2 aromatic heterocycles. The number of H-pyrrole nitrogens is 1. The lowest BCUT2D eigenvalue weighted by Gasteiger charge is -2.31. The van der Waals surface area contributed by atoms with Gasteiger partial charge in [-0.05, 0) is 57.7 Å². The molecule has 1 aliphatic rings. The Bertz CT molecular complexity index is 1240. The predicted molar refractivity (Wildman–Crippen MR) is 129 cm³/mol. The van der Waals surface area contributed by atoms with Gasteiger partial charge in [-0.15, -0.1) is 0 Å². The fourth-order valence-corrected chi connectivity index (χ4v) is 4.52. The number of likely N-dealkylation sites (tertiary alicyclic amines) is 1. The van der Waals surface area contributed by atoms with E-state index >= 15 is 0 Å². The molecule has 1 amide bonds. The Balaban J connectivity index is 1.26. The summed E-state index contributed by atoms with van der Waals surface area (Å²) in [5, 5.41) is 14.6. The third kappa shape index (κ3) is 5.12. The molecule has 8 nitrogen and oxygen atoms in total. The van der Waals surface area contributed by atoms with Crippen LogP contribution in [0.2, 0.25) is 0 Å². The number of nitrogens with one attached hydrogen (secondary N) is 1. The Kier molecular flexibility index (Phi) is 6.70. The zero-order valence-electron chi connectivity index (χ0n) is 20.0. The van der Waals surface area contributed by atoms with E-state index in [0.29, 0.717) is 62.1 Å². The highest BCUT2D eigenvalue weighted by Crippen LogP contribution is 2.25. The van der Waals surface area contributed by atoms with Crippen LogP contribution in [-0.4, -0.2) is 49.4 Å². The second kappa shape index (κ2) is 9.54. The van der Waals surface area contributed by atoms with Crippen LogP contribution < -0.4 is 5.56 Å². The molecule has 1 fully saturated rings. The van der Waals surface area contributed by atoms with Gasteiger partial charge in [0.1, 0.15) is 11.3 Å². The molecular weight excluding hydrogens is 432 g/mol. The number of Topliss-reactive ketones (excluding diaryl/α,β-unsaturated/α-hetero) is 1. The molecule has 1 saturated heterocycles. The molecule has 8 heteroatoms. The molecule has 0 unspecified atom stereocenters. The van der Waals surface area contributed by atoms with Crippen molar-refractivity contribution >= 4 is 17.2 Å². The first-order chi connectivity index (χ1) is 16.1. The van der Waals surface area contributed by atoms with Gasteiger partial charge in [0.15, 0.2) is 5.78 Å². The van der Waals surface area contributed by atoms with Crippen LogP contribution in [-0.2, 0) is 16.8 Å². The molecule has 1 aliphatic heterocycles. The van der Waals surface area contributed by atoms with E-state index in [1.165, 1.54) is 0 Å². The van der Waals surface area contributed by atoms with Crippen LogP contribution in [0.3, 0.4) is 0 Å². The van der Waals surface area contributed by atoms with Gasteiger partial charge >= 0.3 is 0 Å². The molecule has 0 atom stereocenters. The van der Waals surface area contributed by atoms with E-state index in [1.54, 1.807) is 48.7 Å². The van der Waals surface area contributed by atoms with Crippen molar-refractivity contribution in [3.05, 3.63) is 69.4 Å². The summed E-state index contributed by atoms with van der Waals surface area (Å²) < 4.78 is 1.63. The Hall–Kier alpha value is -3.26. The molecule has 0 bridgehead atoms. The average Bonchev–Trinajstić information content (AvgIpc) is 3.19. The standard InChI is InChI=1S/C26H32N4O4/c1-17-7-12-21-25(33)27-22(28-30(17)21)5-4-6-23(31)29-15-13-19(14-16-29)24(32)18-8-10-20(11-9-18)26(2,3)34/h7-12,19,34H,4-6,13-16H2,1-3H3,(H,27,28,33). The van der Waals surface area contributed by atoms with Crippen molar-refractivity contribution in [2.24, 2.45) is 5.92 Å². The summed E-state index contributed by atoms with van der Waals surface area (Å²) in [5.74, 6) is 0.647. The fraction of sp³-hybridized carbons (Fsp3) is 0.462. The van der Waals surface area contributed by atoms with Crippen LogP contribution in [0.4, 0.5) is 0 Å². The van der Waals surface area contributed by atoms with E-state index < -0.39 is 5.60 Å². The lowest BCUT2D eigenvalue weighted by Crippen LogP contribution is -2.40. The van der Waals surface area contributed by atoms with Crippen molar-refractivity contribution in [2.45, 2.75) is 58.5 Å². The second-order valence-electron chi connectivity index (χ2n) is 9.68. The highest BCUT2D eigenvalue weighted by atomic mass is 16.3. The molecule has 3 heterocycles. The van der Waals surface area contributed by atoms with E-state index in [2.05, 4.69) is 10.1 Å². The molecule has 34 heavy (non-hydrogen) atoms. The molecule has 0 radical (unpaired) electrons. The second-order valence-corrected chi connectivity index (χ2v) is 9.68.